The molecule has 0 fully saturated rings. The summed E-state index contributed by atoms with van der Waals surface area (Å²) in [5.74, 6) is 0.936. The van der Waals surface area contributed by atoms with Crippen LogP contribution in [0.2, 0.25) is 0 Å². The second-order valence-electron chi connectivity index (χ2n) is 7.84. The van der Waals surface area contributed by atoms with E-state index in [-0.39, 0.29) is 34.3 Å². The number of ketones is 1. The van der Waals surface area contributed by atoms with Gasteiger partial charge in [-0.2, -0.15) is 0 Å². The smallest absolute Gasteiger partial charge is 0.269 e. The Morgan fingerprint density at radius 2 is 2.06 bits per heavy atom. The van der Waals surface area contributed by atoms with Crippen LogP contribution in [0.1, 0.15) is 45.6 Å². The van der Waals surface area contributed by atoms with Gasteiger partial charge in [0, 0.05) is 29.3 Å². The normalized spacial score (nSPS) is 21.5. The zero-order valence-electron chi connectivity index (χ0n) is 16.6. The maximum absolute atomic E-state index is 12.7. The van der Waals surface area contributed by atoms with E-state index in [0.717, 1.165) is 23.2 Å². The second-order valence-corrected chi connectivity index (χ2v) is 7.84. The van der Waals surface area contributed by atoms with E-state index < -0.39 is 0 Å². The molecule has 1 aromatic heterocycles. The SMILES string of the molecule is O=C(/C=C/c1ccco1)c1ccc2c(c1)[C@@H]1C=CC[C@@H]1[C@@H](c1cccc([N+](=O)[O-])c1)N2. The van der Waals surface area contributed by atoms with Crippen molar-refractivity contribution in [2.45, 2.75) is 18.4 Å². The monoisotopic (exact) mass is 412 g/mol. The van der Waals surface area contributed by atoms with Crippen LogP contribution >= 0.6 is 0 Å². The van der Waals surface area contributed by atoms with Crippen molar-refractivity contribution in [3.63, 3.8) is 0 Å². The molecule has 0 amide bonds. The van der Waals surface area contributed by atoms with Crippen molar-refractivity contribution in [1.82, 2.24) is 0 Å². The van der Waals surface area contributed by atoms with Crippen molar-refractivity contribution < 1.29 is 14.1 Å². The number of nitro groups is 1. The molecule has 2 heterocycles. The Bertz CT molecular complexity index is 1210. The van der Waals surface area contributed by atoms with Crippen molar-refractivity contribution in [3.05, 3.63) is 112 Å². The highest BCUT2D eigenvalue weighted by atomic mass is 16.6. The van der Waals surface area contributed by atoms with Crippen LogP contribution in [0, 0.1) is 16.0 Å². The molecule has 3 aromatic rings. The predicted molar refractivity (Wildman–Crippen MR) is 118 cm³/mol. The summed E-state index contributed by atoms with van der Waals surface area (Å²) in [5.41, 5.74) is 3.65. The highest BCUT2D eigenvalue weighted by Gasteiger charge is 2.38. The Labute approximate surface area is 179 Å². The number of rotatable bonds is 5. The van der Waals surface area contributed by atoms with Crippen LogP contribution in [0.25, 0.3) is 6.08 Å². The minimum atomic E-state index is -0.362. The summed E-state index contributed by atoms with van der Waals surface area (Å²) in [5, 5.41) is 14.8. The lowest BCUT2D eigenvalue weighted by molar-refractivity contribution is -0.384. The lowest BCUT2D eigenvalue weighted by atomic mass is 9.76. The van der Waals surface area contributed by atoms with Gasteiger partial charge >= 0.3 is 0 Å². The number of nitro benzene ring substituents is 1. The molecule has 3 atom stereocenters. The molecule has 31 heavy (non-hydrogen) atoms. The molecular weight excluding hydrogens is 392 g/mol. The molecule has 1 aliphatic carbocycles. The first-order chi connectivity index (χ1) is 15.1. The minimum absolute atomic E-state index is 0.0344. The summed E-state index contributed by atoms with van der Waals surface area (Å²) < 4.78 is 5.24. The Hall–Kier alpha value is -3.93. The number of anilines is 1. The molecule has 0 saturated heterocycles. The number of hydrogen-bond donors (Lipinski definition) is 1. The summed E-state index contributed by atoms with van der Waals surface area (Å²) in [6, 6.07) is 16.1. The van der Waals surface area contributed by atoms with E-state index in [2.05, 4.69) is 17.5 Å². The first-order valence-electron chi connectivity index (χ1n) is 10.2. The third-order valence-electron chi connectivity index (χ3n) is 6.03. The van der Waals surface area contributed by atoms with Crippen molar-refractivity contribution in [2.24, 2.45) is 5.92 Å². The molecule has 0 unspecified atom stereocenters. The summed E-state index contributed by atoms with van der Waals surface area (Å²) >= 11 is 0. The van der Waals surface area contributed by atoms with Gasteiger partial charge in [0.1, 0.15) is 5.76 Å². The van der Waals surface area contributed by atoms with E-state index in [9.17, 15) is 14.9 Å². The molecule has 1 N–H and O–H groups in total. The van der Waals surface area contributed by atoms with Gasteiger partial charge in [0.2, 0.25) is 0 Å². The van der Waals surface area contributed by atoms with E-state index in [1.807, 2.05) is 24.3 Å². The molecule has 0 saturated carbocycles. The lowest BCUT2D eigenvalue weighted by Gasteiger charge is -2.37. The Balaban J connectivity index is 1.46. The van der Waals surface area contributed by atoms with Gasteiger partial charge in [0.05, 0.1) is 17.2 Å². The van der Waals surface area contributed by atoms with Crippen molar-refractivity contribution >= 4 is 23.2 Å². The van der Waals surface area contributed by atoms with Crippen LogP contribution in [0.4, 0.5) is 11.4 Å². The molecule has 0 bridgehead atoms. The Morgan fingerprint density at radius 3 is 2.87 bits per heavy atom. The number of non-ortho nitro benzene ring substituents is 1. The van der Waals surface area contributed by atoms with Crippen LogP contribution in [-0.2, 0) is 0 Å². The first-order valence-corrected chi connectivity index (χ1v) is 10.2. The van der Waals surface area contributed by atoms with Gasteiger partial charge in [-0.3, -0.25) is 14.9 Å². The van der Waals surface area contributed by atoms with Crippen LogP contribution < -0.4 is 5.32 Å². The standard InChI is InChI=1S/C25H20N2O4/c28-24(12-10-19-6-3-13-31-19)16-9-11-23-22(15-16)20-7-2-8-21(20)25(26-23)17-4-1-5-18(14-17)27(29)30/h1-7,9-15,20-21,25-26H,8H2/b12-10+/t20-,21+,25-/m1/s1. The van der Waals surface area contributed by atoms with Crippen molar-refractivity contribution in [3.8, 4) is 0 Å². The van der Waals surface area contributed by atoms with Crippen molar-refractivity contribution in [2.75, 3.05) is 5.32 Å². The number of nitrogens with zero attached hydrogens (tertiary/aromatic N) is 1. The van der Waals surface area contributed by atoms with Gasteiger partial charge in [0.25, 0.3) is 5.69 Å². The average Bonchev–Trinajstić information content (AvgIpc) is 3.49. The number of carbonyl (C=O) groups excluding carboxylic acids is 1. The number of furan rings is 1. The van der Waals surface area contributed by atoms with Crippen LogP contribution in [0.15, 0.2) is 83.5 Å². The average molecular weight is 412 g/mol. The van der Waals surface area contributed by atoms with Gasteiger partial charge in [-0.15, -0.1) is 0 Å². The molecule has 6 heteroatoms. The molecule has 0 spiro atoms. The second kappa shape index (κ2) is 7.72. The van der Waals surface area contributed by atoms with Crippen molar-refractivity contribution in [1.29, 1.82) is 0 Å². The van der Waals surface area contributed by atoms with Gasteiger partial charge in [-0.1, -0.05) is 24.3 Å². The molecule has 5 rings (SSSR count). The number of benzene rings is 2. The molecule has 154 valence electrons. The number of allylic oxidation sites excluding steroid dienone is 3. The zero-order valence-corrected chi connectivity index (χ0v) is 16.6. The first kappa shape index (κ1) is 19.1. The molecule has 0 radical (unpaired) electrons. The maximum Gasteiger partial charge on any atom is 0.269 e. The van der Waals surface area contributed by atoms with Gasteiger partial charge in [-0.05, 0) is 65.9 Å². The fraction of sp³-hybridized carbons (Fsp3) is 0.160. The molecule has 6 nitrogen and oxygen atoms in total. The van der Waals surface area contributed by atoms with Gasteiger partial charge in [-0.25, -0.2) is 0 Å². The topological polar surface area (TPSA) is 85.4 Å². The van der Waals surface area contributed by atoms with E-state index in [1.165, 1.54) is 12.1 Å². The number of nitrogens with one attached hydrogen (secondary N) is 1. The number of hydrogen-bond acceptors (Lipinski definition) is 5. The minimum Gasteiger partial charge on any atom is -0.465 e. The maximum atomic E-state index is 12.7. The van der Waals surface area contributed by atoms with Gasteiger partial charge in [0.15, 0.2) is 5.78 Å². The van der Waals surface area contributed by atoms with E-state index >= 15 is 0 Å². The highest BCUT2D eigenvalue weighted by molar-refractivity contribution is 6.07. The largest absolute Gasteiger partial charge is 0.465 e. The molecular formula is C25H20N2O4. The Morgan fingerprint density at radius 1 is 1.16 bits per heavy atom. The summed E-state index contributed by atoms with van der Waals surface area (Å²) in [7, 11) is 0. The summed E-state index contributed by atoms with van der Waals surface area (Å²) in [4.78, 5) is 23.5. The highest BCUT2D eigenvalue weighted by Crippen LogP contribution is 2.50. The molecule has 2 aliphatic rings. The third-order valence-corrected chi connectivity index (χ3v) is 6.03. The quantitative estimate of drug-likeness (QED) is 0.185. The summed E-state index contributed by atoms with van der Waals surface area (Å²) in [6.45, 7) is 0. The van der Waals surface area contributed by atoms with Crippen LogP contribution in [0.3, 0.4) is 0 Å². The zero-order chi connectivity index (χ0) is 21.4. The van der Waals surface area contributed by atoms with E-state index in [0.29, 0.717) is 11.3 Å². The van der Waals surface area contributed by atoms with E-state index in [1.54, 1.807) is 36.6 Å². The van der Waals surface area contributed by atoms with Crippen LogP contribution in [0.5, 0.6) is 0 Å². The fourth-order valence-electron chi connectivity index (χ4n) is 4.55. The lowest BCUT2D eigenvalue weighted by Crippen LogP contribution is -2.29. The Kier molecular flexibility index (Phi) is 4.75. The van der Waals surface area contributed by atoms with Gasteiger partial charge < -0.3 is 9.73 Å². The number of fused-ring (bicyclic) bond motifs is 3. The van der Waals surface area contributed by atoms with Crippen LogP contribution in [-0.4, -0.2) is 10.7 Å². The summed E-state index contributed by atoms with van der Waals surface area (Å²) in [6.07, 6.45) is 9.96. The molecule has 1 aliphatic heterocycles. The predicted octanol–water partition coefficient (Wildman–Crippen LogP) is 5.91. The third kappa shape index (κ3) is 3.57. The number of carbonyl (C=O) groups is 1. The fourth-order valence-corrected chi connectivity index (χ4v) is 4.55. The van der Waals surface area contributed by atoms with E-state index in [4.69, 9.17) is 4.42 Å². The molecule has 2 aromatic carbocycles.